The van der Waals surface area contributed by atoms with Crippen molar-refractivity contribution in [3.63, 3.8) is 0 Å². The lowest BCUT2D eigenvalue weighted by Crippen LogP contribution is -2.05. The van der Waals surface area contributed by atoms with Crippen LogP contribution < -0.4 is 4.74 Å². The van der Waals surface area contributed by atoms with Gasteiger partial charge < -0.3 is 9.15 Å². The smallest absolute Gasteiger partial charge is 0.192 e. The topological polar surface area (TPSA) is 53.1 Å². The second kappa shape index (κ2) is 9.39. The Morgan fingerprint density at radius 3 is 2.55 bits per heavy atom. The van der Waals surface area contributed by atoms with Crippen LogP contribution in [0.25, 0.3) is 11.4 Å². The molecule has 2 heterocycles. The van der Waals surface area contributed by atoms with E-state index in [1.54, 1.807) is 18.0 Å². The molecule has 0 bridgehead atoms. The van der Waals surface area contributed by atoms with E-state index in [1.807, 2.05) is 65.2 Å². The van der Waals surface area contributed by atoms with Crippen LogP contribution in [0.4, 0.5) is 0 Å². The number of para-hydroxylation sites is 1. The number of hydrogen-bond donors (Lipinski definition) is 0. The molecule has 0 atom stereocenters. The Kier molecular flexibility index (Phi) is 6.44. The lowest BCUT2D eigenvalue weighted by molar-refractivity contribution is 0.344. The summed E-state index contributed by atoms with van der Waals surface area (Å²) in [7, 11) is 0. The predicted octanol–water partition coefficient (Wildman–Crippen LogP) is 6.06. The molecule has 148 valence electrons. The average Bonchev–Trinajstić information content (AvgIpc) is 3.38. The van der Waals surface area contributed by atoms with Gasteiger partial charge in [-0.25, -0.2) is 0 Å². The molecule has 2 aromatic heterocycles. The van der Waals surface area contributed by atoms with Crippen LogP contribution in [-0.4, -0.2) is 27.1 Å². The lowest BCUT2D eigenvalue weighted by atomic mass is 10.2. The standard InChI is InChI=1S/C21H17Cl2N3O2S/c22-16-9-7-15(8-10-16)20-24-25-21(26(20)14-17-4-3-11-27-17)29-13-12-28-19-6-2-1-5-18(19)23/h1-11H,12-14H2. The van der Waals surface area contributed by atoms with Crippen molar-refractivity contribution in [1.29, 1.82) is 0 Å². The zero-order valence-electron chi connectivity index (χ0n) is 15.3. The predicted molar refractivity (Wildman–Crippen MR) is 116 cm³/mol. The SMILES string of the molecule is Clc1ccc(-c2nnc(SCCOc3ccccc3Cl)n2Cc2ccco2)cc1. The van der Waals surface area contributed by atoms with E-state index in [-0.39, 0.29) is 0 Å². The molecule has 0 aliphatic heterocycles. The molecule has 0 saturated carbocycles. The van der Waals surface area contributed by atoms with Gasteiger partial charge in [-0.05, 0) is 48.5 Å². The van der Waals surface area contributed by atoms with Crippen LogP contribution in [0.15, 0.2) is 76.5 Å². The fraction of sp³-hybridized carbons (Fsp3) is 0.143. The van der Waals surface area contributed by atoms with E-state index in [0.29, 0.717) is 34.7 Å². The highest BCUT2D eigenvalue weighted by atomic mass is 35.5. The highest BCUT2D eigenvalue weighted by Gasteiger charge is 2.16. The fourth-order valence-corrected chi connectivity index (χ4v) is 3.83. The number of rotatable bonds is 8. The van der Waals surface area contributed by atoms with E-state index in [4.69, 9.17) is 32.4 Å². The van der Waals surface area contributed by atoms with Gasteiger partial charge in [0.05, 0.1) is 24.4 Å². The molecule has 4 aromatic rings. The minimum absolute atomic E-state index is 0.498. The van der Waals surface area contributed by atoms with Crippen LogP contribution in [0.2, 0.25) is 10.0 Å². The highest BCUT2D eigenvalue weighted by molar-refractivity contribution is 7.99. The van der Waals surface area contributed by atoms with Gasteiger partial charge in [0, 0.05) is 16.3 Å². The molecule has 0 unspecified atom stereocenters. The Balaban J connectivity index is 1.50. The maximum atomic E-state index is 6.13. The maximum absolute atomic E-state index is 6.13. The Morgan fingerprint density at radius 2 is 1.79 bits per heavy atom. The molecule has 0 N–H and O–H groups in total. The summed E-state index contributed by atoms with van der Waals surface area (Å²) in [6.45, 7) is 1.03. The van der Waals surface area contributed by atoms with Crippen LogP contribution >= 0.6 is 35.0 Å². The zero-order chi connectivity index (χ0) is 20.1. The van der Waals surface area contributed by atoms with Gasteiger partial charge in [-0.15, -0.1) is 10.2 Å². The summed E-state index contributed by atoms with van der Waals surface area (Å²) in [5.74, 6) is 2.96. The van der Waals surface area contributed by atoms with Gasteiger partial charge in [-0.2, -0.15) is 0 Å². The fourth-order valence-electron chi connectivity index (χ4n) is 2.76. The Hall–Kier alpha value is -2.41. The molecule has 0 aliphatic rings. The van der Waals surface area contributed by atoms with Gasteiger partial charge in [0.25, 0.3) is 0 Å². The van der Waals surface area contributed by atoms with Crippen molar-refractivity contribution in [2.75, 3.05) is 12.4 Å². The number of nitrogens with zero attached hydrogens (tertiary/aromatic N) is 3. The molecule has 0 saturated heterocycles. The van der Waals surface area contributed by atoms with E-state index in [2.05, 4.69) is 10.2 Å². The minimum atomic E-state index is 0.498. The van der Waals surface area contributed by atoms with Crippen LogP contribution in [0.5, 0.6) is 5.75 Å². The molecular formula is C21H17Cl2N3O2S. The van der Waals surface area contributed by atoms with Crippen LogP contribution in [0, 0.1) is 0 Å². The number of aromatic nitrogens is 3. The van der Waals surface area contributed by atoms with Crippen molar-refractivity contribution in [2.45, 2.75) is 11.7 Å². The van der Waals surface area contributed by atoms with Crippen molar-refractivity contribution in [3.8, 4) is 17.1 Å². The summed E-state index contributed by atoms with van der Waals surface area (Å²) < 4.78 is 13.3. The Bertz CT molecular complexity index is 1070. The number of thioether (sulfide) groups is 1. The van der Waals surface area contributed by atoms with Crippen molar-refractivity contribution >= 4 is 35.0 Å². The van der Waals surface area contributed by atoms with Crippen LogP contribution in [0.1, 0.15) is 5.76 Å². The molecule has 0 amide bonds. The van der Waals surface area contributed by atoms with Crippen molar-refractivity contribution in [1.82, 2.24) is 14.8 Å². The number of halogens is 2. The average molecular weight is 446 g/mol. The van der Waals surface area contributed by atoms with Crippen molar-refractivity contribution in [2.24, 2.45) is 0 Å². The quantitative estimate of drug-likeness (QED) is 0.243. The van der Waals surface area contributed by atoms with E-state index >= 15 is 0 Å². The zero-order valence-corrected chi connectivity index (χ0v) is 17.6. The second-order valence-corrected chi connectivity index (χ2v) is 8.01. The van der Waals surface area contributed by atoms with Gasteiger partial charge in [-0.3, -0.25) is 4.57 Å². The van der Waals surface area contributed by atoms with Gasteiger partial charge in [0.15, 0.2) is 11.0 Å². The monoisotopic (exact) mass is 445 g/mol. The first-order valence-electron chi connectivity index (χ1n) is 8.92. The van der Waals surface area contributed by atoms with Crippen LogP contribution in [-0.2, 0) is 6.54 Å². The third-order valence-electron chi connectivity index (χ3n) is 4.12. The Labute approximate surface area is 182 Å². The third-order valence-corrected chi connectivity index (χ3v) is 5.62. The molecule has 0 radical (unpaired) electrons. The lowest BCUT2D eigenvalue weighted by Gasteiger charge is -2.10. The molecule has 29 heavy (non-hydrogen) atoms. The molecule has 2 aromatic carbocycles. The number of benzene rings is 2. The van der Waals surface area contributed by atoms with E-state index < -0.39 is 0 Å². The van der Waals surface area contributed by atoms with Crippen LogP contribution in [0.3, 0.4) is 0 Å². The first-order chi connectivity index (χ1) is 14.2. The summed E-state index contributed by atoms with van der Waals surface area (Å²) >= 11 is 13.7. The molecule has 5 nitrogen and oxygen atoms in total. The molecule has 8 heteroatoms. The summed E-state index contributed by atoms with van der Waals surface area (Å²) in [6.07, 6.45) is 1.66. The Morgan fingerprint density at radius 1 is 0.966 bits per heavy atom. The summed E-state index contributed by atoms with van der Waals surface area (Å²) in [5.41, 5.74) is 0.938. The number of ether oxygens (including phenoxy) is 1. The van der Waals surface area contributed by atoms with Gasteiger partial charge in [-0.1, -0.05) is 47.1 Å². The second-order valence-electron chi connectivity index (χ2n) is 6.11. The van der Waals surface area contributed by atoms with Gasteiger partial charge >= 0.3 is 0 Å². The molecular weight excluding hydrogens is 429 g/mol. The summed E-state index contributed by atoms with van der Waals surface area (Å²) in [6, 6.07) is 18.8. The van der Waals surface area contributed by atoms with E-state index in [1.165, 1.54) is 0 Å². The largest absolute Gasteiger partial charge is 0.491 e. The first-order valence-corrected chi connectivity index (χ1v) is 10.7. The maximum Gasteiger partial charge on any atom is 0.192 e. The molecule has 0 fully saturated rings. The van der Waals surface area contributed by atoms with Gasteiger partial charge in [0.1, 0.15) is 11.5 Å². The van der Waals surface area contributed by atoms with E-state index in [0.717, 1.165) is 22.3 Å². The van der Waals surface area contributed by atoms with Crippen molar-refractivity contribution in [3.05, 3.63) is 82.7 Å². The molecule has 4 rings (SSSR count). The molecule has 0 aliphatic carbocycles. The highest BCUT2D eigenvalue weighted by Crippen LogP contribution is 2.27. The first kappa shape index (κ1) is 19.9. The summed E-state index contributed by atoms with van der Waals surface area (Å²) in [4.78, 5) is 0. The summed E-state index contributed by atoms with van der Waals surface area (Å²) in [5, 5.41) is 10.8. The van der Waals surface area contributed by atoms with E-state index in [9.17, 15) is 0 Å². The molecule has 0 spiro atoms. The van der Waals surface area contributed by atoms with Gasteiger partial charge in [0.2, 0.25) is 0 Å². The number of furan rings is 1. The minimum Gasteiger partial charge on any atom is -0.491 e. The van der Waals surface area contributed by atoms with Crippen molar-refractivity contribution < 1.29 is 9.15 Å². The number of hydrogen-bond acceptors (Lipinski definition) is 5. The third kappa shape index (κ3) is 4.96. The normalized spacial score (nSPS) is 11.0.